The van der Waals surface area contributed by atoms with Gasteiger partial charge in [-0.25, -0.2) is 9.97 Å². The lowest BCUT2D eigenvalue weighted by molar-refractivity contribution is -0.383. The minimum atomic E-state index is -4.73. The van der Waals surface area contributed by atoms with E-state index in [0.717, 1.165) is 12.4 Å². The minimum absolute atomic E-state index is 0.0950. The second-order valence-electron chi connectivity index (χ2n) is 6.05. The maximum absolute atomic E-state index is 13.1. The monoisotopic (exact) mass is 486 g/mol. The van der Waals surface area contributed by atoms with Crippen LogP contribution in [0.2, 0.25) is 10.0 Å². The van der Waals surface area contributed by atoms with E-state index in [9.17, 15) is 28.1 Å². The zero-order chi connectivity index (χ0) is 23.5. The van der Waals surface area contributed by atoms with E-state index >= 15 is 0 Å². The maximum atomic E-state index is 13.1. The fraction of sp³-hybridized carbons (Fsp3) is 0.0556. The molecule has 32 heavy (non-hydrogen) atoms. The van der Waals surface area contributed by atoms with Crippen molar-refractivity contribution in [1.82, 2.24) is 15.4 Å². The number of nitro groups is 1. The number of carbonyl (C=O) groups is 1. The Labute approximate surface area is 187 Å². The summed E-state index contributed by atoms with van der Waals surface area (Å²) in [5.41, 5.74) is 2.59. The van der Waals surface area contributed by atoms with Gasteiger partial charge in [0.2, 0.25) is 11.6 Å². The molecule has 1 heterocycles. The molecule has 14 heteroatoms. The molecule has 0 aliphatic carbocycles. The van der Waals surface area contributed by atoms with Crippen molar-refractivity contribution in [2.24, 2.45) is 0 Å². The van der Waals surface area contributed by atoms with Crippen molar-refractivity contribution >= 4 is 52.1 Å². The number of hydrogen-bond donors (Lipinski definition) is 3. The van der Waals surface area contributed by atoms with E-state index in [1.165, 1.54) is 18.2 Å². The molecule has 1 aromatic heterocycles. The Morgan fingerprint density at radius 1 is 1.03 bits per heavy atom. The van der Waals surface area contributed by atoms with E-state index in [4.69, 9.17) is 23.2 Å². The van der Waals surface area contributed by atoms with Gasteiger partial charge >= 0.3 is 11.9 Å². The summed E-state index contributed by atoms with van der Waals surface area (Å²) in [5, 5.41) is 13.6. The predicted octanol–water partition coefficient (Wildman–Crippen LogP) is 5.21. The third-order valence-electron chi connectivity index (χ3n) is 3.95. The summed E-state index contributed by atoms with van der Waals surface area (Å²) in [4.78, 5) is 30.4. The molecule has 9 nitrogen and oxygen atoms in total. The second-order valence-corrected chi connectivity index (χ2v) is 6.87. The Kier molecular flexibility index (Phi) is 6.65. The van der Waals surface area contributed by atoms with Crippen LogP contribution in [0, 0.1) is 10.1 Å². The highest BCUT2D eigenvalue weighted by Gasteiger charge is 2.33. The van der Waals surface area contributed by atoms with Crippen LogP contribution in [0.15, 0.2) is 48.8 Å². The molecule has 0 aliphatic rings. The Morgan fingerprint density at radius 3 is 2.38 bits per heavy atom. The molecule has 3 rings (SSSR count). The Bertz CT molecular complexity index is 1190. The Balaban J connectivity index is 1.88. The number of alkyl halides is 3. The van der Waals surface area contributed by atoms with E-state index in [1.807, 2.05) is 0 Å². The quantitative estimate of drug-likeness (QED) is 0.322. The number of aromatic nitrogens is 2. The molecule has 0 atom stereocenters. The van der Waals surface area contributed by atoms with Gasteiger partial charge in [0.05, 0.1) is 26.1 Å². The predicted molar refractivity (Wildman–Crippen MR) is 111 cm³/mol. The maximum Gasteiger partial charge on any atom is 0.417 e. The van der Waals surface area contributed by atoms with Gasteiger partial charge in [0, 0.05) is 5.69 Å². The van der Waals surface area contributed by atoms with E-state index in [-0.39, 0.29) is 16.3 Å². The molecule has 0 fully saturated rings. The smallest absolute Gasteiger partial charge is 0.334 e. The molecule has 2 aromatic carbocycles. The molecule has 3 N–H and O–H groups in total. The van der Waals surface area contributed by atoms with Crippen LogP contribution < -0.4 is 16.2 Å². The standard InChI is InChI=1S/C18H11Cl2F3N6O3/c19-12-4-2-1-3-10(12)17(30)28-27-16-14(29(31)32)15(24-8-25-16)26-9-5-6-13(20)11(7-9)18(21,22)23/h1-8H,(H,28,30)(H2,24,25,26,27). The molecule has 0 saturated carbocycles. The molecule has 1 amide bonds. The molecule has 0 saturated heterocycles. The van der Waals surface area contributed by atoms with Crippen LogP contribution in [0.25, 0.3) is 0 Å². The number of halogens is 5. The summed E-state index contributed by atoms with van der Waals surface area (Å²) in [6.45, 7) is 0. The van der Waals surface area contributed by atoms with Crippen LogP contribution in [0.3, 0.4) is 0 Å². The topological polar surface area (TPSA) is 122 Å². The number of benzene rings is 2. The first-order chi connectivity index (χ1) is 15.1. The van der Waals surface area contributed by atoms with Gasteiger partial charge in [0.25, 0.3) is 5.91 Å². The van der Waals surface area contributed by atoms with Crippen molar-refractivity contribution in [3.63, 3.8) is 0 Å². The van der Waals surface area contributed by atoms with E-state index in [1.54, 1.807) is 12.1 Å². The SMILES string of the molecule is O=C(NNc1ncnc(Nc2ccc(Cl)c(C(F)(F)F)c2)c1[N+](=O)[O-])c1ccccc1Cl. The van der Waals surface area contributed by atoms with Crippen LogP contribution >= 0.6 is 23.2 Å². The van der Waals surface area contributed by atoms with Crippen LogP contribution in [0.1, 0.15) is 15.9 Å². The molecule has 0 spiro atoms. The number of hydrazine groups is 1. The summed E-state index contributed by atoms with van der Waals surface area (Å²) < 4.78 is 39.2. The second kappa shape index (κ2) is 9.24. The third kappa shape index (κ3) is 5.15. The van der Waals surface area contributed by atoms with Gasteiger partial charge in [-0.1, -0.05) is 35.3 Å². The molecular weight excluding hydrogens is 476 g/mol. The molecule has 0 aliphatic heterocycles. The zero-order valence-electron chi connectivity index (χ0n) is 15.6. The van der Waals surface area contributed by atoms with Gasteiger partial charge < -0.3 is 5.32 Å². The zero-order valence-corrected chi connectivity index (χ0v) is 17.1. The van der Waals surface area contributed by atoms with Crippen molar-refractivity contribution < 1.29 is 22.9 Å². The summed E-state index contributed by atoms with van der Waals surface area (Å²) in [7, 11) is 0. The van der Waals surface area contributed by atoms with E-state index in [0.29, 0.717) is 6.07 Å². The highest BCUT2D eigenvalue weighted by molar-refractivity contribution is 6.33. The minimum Gasteiger partial charge on any atom is -0.334 e. The number of amides is 1. The number of carbonyl (C=O) groups excluding carboxylic acids is 1. The average Bonchev–Trinajstić information content (AvgIpc) is 2.72. The number of rotatable bonds is 6. The van der Waals surface area contributed by atoms with Crippen molar-refractivity contribution in [3.8, 4) is 0 Å². The number of nitrogens with zero attached hydrogens (tertiary/aromatic N) is 3. The number of nitrogens with one attached hydrogen (secondary N) is 3. The number of anilines is 3. The molecule has 3 aromatic rings. The van der Waals surface area contributed by atoms with Crippen molar-refractivity contribution in [1.29, 1.82) is 0 Å². The summed E-state index contributed by atoms with van der Waals surface area (Å²) in [6.07, 6.45) is -3.82. The van der Waals surface area contributed by atoms with Crippen LogP contribution in [-0.4, -0.2) is 20.8 Å². The lowest BCUT2D eigenvalue weighted by Crippen LogP contribution is -2.30. The Morgan fingerprint density at radius 2 is 1.72 bits per heavy atom. The molecule has 166 valence electrons. The lowest BCUT2D eigenvalue weighted by Gasteiger charge is -2.13. The van der Waals surface area contributed by atoms with Gasteiger partial charge in [-0.3, -0.25) is 25.8 Å². The van der Waals surface area contributed by atoms with Gasteiger partial charge in [-0.2, -0.15) is 13.2 Å². The highest BCUT2D eigenvalue weighted by atomic mass is 35.5. The van der Waals surface area contributed by atoms with Gasteiger partial charge in [-0.15, -0.1) is 0 Å². The fourth-order valence-corrected chi connectivity index (χ4v) is 2.97. The molecule has 0 unspecified atom stereocenters. The highest BCUT2D eigenvalue weighted by Crippen LogP contribution is 2.38. The first-order valence-electron chi connectivity index (χ1n) is 8.52. The van der Waals surface area contributed by atoms with Crippen LogP contribution in [-0.2, 0) is 6.18 Å². The van der Waals surface area contributed by atoms with E-state index in [2.05, 4.69) is 26.1 Å². The van der Waals surface area contributed by atoms with Crippen molar-refractivity contribution in [3.05, 3.63) is 80.1 Å². The largest absolute Gasteiger partial charge is 0.417 e. The van der Waals surface area contributed by atoms with E-state index < -0.39 is 44.9 Å². The van der Waals surface area contributed by atoms with Crippen LogP contribution in [0.5, 0.6) is 0 Å². The van der Waals surface area contributed by atoms with Gasteiger partial charge in [0.1, 0.15) is 6.33 Å². The molecule has 0 bridgehead atoms. The summed E-state index contributed by atoms with van der Waals surface area (Å²) in [6, 6.07) is 8.95. The third-order valence-corrected chi connectivity index (χ3v) is 4.61. The average molecular weight is 487 g/mol. The molecule has 0 radical (unpaired) electrons. The summed E-state index contributed by atoms with van der Waals surface area (Å²) in [5.74, 6) is -1.54. The first-order valence-corrected chi connectivity index (χ1v) is 9.27. The van der Waals surface area contributed by atoms with Gasteiger partial charge in [-0.05, 0) is 30.3 Å². The first kappa shape index (κ1) is 23.0. The normalized spacial score (nSPS) is 11.0. The van der Waals surface area contributed by atoms with Crippen LogP contribution in [0.4, 0.5) is 36.2 Å². The fourth-order valence-electron chi connectivity index (χ4n) is 2.52. The Hall–Kier alpha value is -3.64. The lowest BCUT2D eigenvalue weighted by atomic mass is 10.2. The van der Waals surface area contributed by atoms with Crippen molar-refractivity contribution in [2.45, 2.75) is 6.18 Å². The van der Waals surface area contributed by atoms with Crippen molar-refractivity contribution in [2.75, 3.05) is 10.7 Å². The number of hydrogen-bond acceptors (Lipinski definition) is 7. The van der Waals surface area contributed by atoms with Gasteiger partial charge in [0.15, 0.2) is 0 Å². The molecular formula is C18H11Cl2F3N6O3. The summed E-state index contributed by atoms with van der Waals surface area (Å²) >= 11 is 11.5.